The number of aromatic nitrogens is 2. The monoisotopic (exact) mass is 301 g/mol. The van der Waals surface area contributed by atoms with Crippen LogP contribution in [-0.2, 0) is 11.3 Å². The van der Waals surface area contributed by atoms with Crippen LogP contribution in [0.3, 0.4) is 0 Å². The molecule has 0 spiro atoms. The molecule has 4 nitrogen and oxygen atoms in total. The smallest absolute Gasteiger partial charge is 0.158 e. The highest BCUT2D eigenvalue weighted by Crippen LogP contribution is 2.23. The summed E-state index contributed by atoms with van der Waals surface area (Å²) in [5.74, 6) is 4.72. The number of nitrogens with zero attached hydrogens (tertiary/aromatic N) is 2. The van der Waals surface area contributed by atoms with Gasteiger partial charge in [0, 0.05) is 19.2 Å². The summed E-state index contributed by atoms with van der Waals surface area (Å²) in [6.07, 6.45) is 2.56. The molecule has 0 saturated carbocycles. The van der Waals surface area contributed by atoms with E-state index in [-0.39, 0.29) is 0 Å². The Bertz CT molecular complexity index is 399. The van der Waals surface area contributed by atoms with Crippen molar-refractivity contribution in [3.05, 3.63) is 17.0 Å². The van der Waals surface area contributed by atoms with Gasteiger partial charge in [0.1, 0.15) is 17.6 Å². The third kappa shape index (κ3) is 5.16. The molecule has 0 amide bonds. The third-order valence-corrected chi connectivity index (χ3v) is 4.33. The van der Waals surface area contributed by atoms with Gasteiger partial charge in [0.25, 0.3) is 0 Å². The maximum Gasteiger partial charge on any atom is 0.158 e. The van der Waals surface area contributed by atoms with E-state index >= 15 is 0 Å². The molecule has 0 radical (unpaired) electrons. The van der Waals surface area contributed by atoms with Crippen LogP contribution in [0, 0.1) is 5.92 Å². The van der Waals surface area contributed by atoms with E-state index in [4.69, 9.17) is 16.3 Å². The molecule has 2 rings (SSSR count). The highest BCUT2D eigenvalue weighted by molar-refractivity contribution is 7.99. The van der Waals surface area contributed by atoms with E-state index in [1.165, 1.54) is 24.3 Å². The van der Waals surface area contributed by atoms with E-state index in [0.29, 0.717) is 24.2 Å². The van der Waals surface area contributed by atoms with Crippen molar-refractivity contribution in [3.63, 3.8) is 0 Å². The van der Waals surface area contributed by atoms with Crippen molar-refractivity contribution >= 4 is 29.2 Å². The average molecular weight is 302 g/mol. The average Bonchev–Trinajstić information content (AvgIpc) is 2.43. The lowest BCUT2D eigenvalue weighted by Crippen LogP contribution is -2.20. The predicted molar refractivity (Wildman–Crippen MR) is 80.9 cm³/mol. The van der Waals surface area contributed by atoms with Crippen LogP contribution in [0.4, 0.5) is 5.82 Å². The Balaban J connectivity index is 1.89. The first kappa shape index (κ1) is 14.9. The van der Waals surface area contributed by atoms with Crippen LogP contribution in [0.15, 0.2) is 6.07 Å². The summed E-state index contributed by atoms with van der Waals surface area (Å²) in [6, 6.07) is 1.77. The van der Waals surface area contributed by atoms with Gasteiger partial charge < -0.3 is 10.1 Å². The van der Waals surface area contributed by atoms with Gasteiger partial charge in [-0.2, -0.15) is 11.8 Å². The first-order valence-electron chi connectivity index (χ1n) is 6.70. The number of thioether (sulfide) groups is 1. The molecular formula is C13H20ClN3OS. The van der Waals surface area contributed by atoms with Crippen LogP contribution < -0.4 is 5.32 Å². The fraction of sp³-hybridized carbons (Fsp3) is 0.692. The second-order valence-electron chi connectivity index (χ2n) is 4.57. The van der Waals surface area contributed by atoms with E-state index in [2.05, 4.69) is 15.3 Å². The van der Waals surface area contributed by atoms with Gasteiger partial charge in [0.05, 0.1) is 0 Å². The minimum absolute atomic E-state index is 0.409. The van der Waals surface area contributed by atoms with Crippen LogP contribution in [-0.4, -0.2) is 34.6 Å². The van der Waals surface area contributed by atoms with Gasteiger partial charge in [0.2, 0.25) is 0 Å². The molecule has 1 N–H and O–H groups in total. The van der Waals surface area contributed by atoms with Crippen LogP contribution in [0.1, 0.15) is 25.6 Å². The zero-order chi connectivity index (χ0) is 13.5. The van der Waals surface area contributed by atoms with Gasteiger partial charge in [-0.1, -0.05) is 11.6 Å². The molecule has 1 fully saturated rings. The summed E-state index contributed by atoms with van der Waals surface area (Å²) in [5, 5.41) is 3.84. The lowest BCUT2D eigenvalue weighted by molar-refractivity contribution is 0.128. The minimum Gasteiger partial charge on any atom is -0.374 e. The number of anilines is 1. The molecule has 2 heterocycles. The molecule has 1 aromatic heterocycles. The lowest BCUT2D eigenvalue weighted by Gasteiger charge is -2.21. The summed E-state index contributed by atoms with van der Waals surface area (Å²) in [6.45, 7) is 3.97. The fourth-order valence-corrected chi connectivity index (χ4v) is 3.42. The Kier molecular flexibility index (Phi) is 6.20. The quantitative estimate of drug-likeness (QED) is 0.818. The summed E-state index contributed by atoms with van der Waals surface area (Å²) in [4.78, 5) is 8.57. The standard InChI is InChI=1S/C13H20ClN3OS/c1-2-18-9-13-16-11(14)7-12(17-13)15-8-10-3-5-19-6-4-10/h7,10H,2-6,8-9H2,1H3,(H,15,16,17). The molecule has 0 aliphatic carbocycles. The highest BCUT2D eigenvalue weighted by atomic mass is 35.5. The van der Waals surface area contributed by atoms with Crippen LogP contribution >= 0.6 is 23.4 Å². The Hall–Kier alpha value is -0.520. The first-order valence-corrected chi connectivity index (χ1v) is 8.24. The topological polar surface area (TPSA) is 47.0 Å². The number of rotatable bonds is 6. The van der Waals surface area contributed by atoms with Gasteiger partial charge >= 0.3 is 0 Å². The summed E-state index contributed by atoms with van der Waals surface area (Å²) in [5.41, 5.74) is 0. The molecule has 106 valence electrons. The molecule has 1 aromatic rings. The third-order valence-electron chi connectivity index (χ3n) is 3.09. The number of hydrogen-bond donors (Lipinski definition) is 1. The molecule has 1 saturated heterocycles. The molecule has 1 aliphatic rings. The zero-order valence-corrected chi connectivity index (χ0v) is 12.8. The van der Waals surface area contributed by atoms with E-state index in [0.717, 1.165) is 18.3 Å². The Labute approximate surface area is 123 Å². The van der Waals surface area contributed by atoms with Crippen molar-refractivity contribution in [2.75, 3.05) is 30.0 Å². The molecule has 0 atom stereocenters. The van der Waals surface area contributed by atoms with Crippen LogP contribution in [0.5, 0.6) is 0 Å². The van der Waals surface area contributed by atoms with Crippen molar-refractivity contribution in [3.8, 4) is 0 Å². The zero-order valence-electron chi connectivity index (χ0n) is 11.2. The molecule has 0 aromatic carbocycles. The fourth-order valence-electron chi connectivity index (χ4n) is 2.01. The molecule has 0 unspecified atom stereocenters. The summed E-state index contributed by atoms with van der Waals surface area (Å²) in [7, 11) is 0. The largest absolute Gasteiger partial charge is 0.374 e. The van der Waals surface area contributed by atoms with E-state index < -0.39 is 0 Å². The Morgan fingerprint density at radius 2 is 2.21 bits per heavy atom. The van der Waals surface area contributed by atoms with Gasteiger partial charge in [-0.3, -0.25) is 0 Å². The minimum atomic E-state index is 0.409. The maximum absolute atomic E-state index is 6.00. The Morgan fingerprint density at radius 1 is 1.42 bits per heavy atom. The molecule has 0 bridgehead atoms. The second kappa shape index (κ2) is 7.92. The summed E-state index contributed by atoms with van der Waals surface area (Å²) < 4.78 is 5.31. The molecule has 6 heteroatoms. The number of halogens is 1. The number of nitrogens with one attached hydrogen (secondary N) is 1. The van der Waals surface area contributed by atoms with Crippen molar-refractivity contribution < 1.29 is 4.74 Å². The van der Waals surface area contributed by atoms with Crippen molar-refractivity contribution in [2.45, 2.75) is 26.4 Å². The SMILES string of the molecule is CCOCc1nc(Cl)cc(NCC2CCSCC2)n1. The molecule has 19 heavy (non-hydrogen) atoms. The van der Waals surface area contributed by atoms with Gasteiger partial charge in [0.15, 0.2) is 5.82 Å². The van der Waals surface area contributed by atoms with Gasteiger partial charge in [-0.15, -0.1) is 0 Å². The van der Waals surface area contributed by atoms with E-state index in [1.54, 1.807) is 6.07 Å². The normalized spacial score (nSPS) is 16.5. The number of hydrogen-bond acceptors (Lipinski definition) is 5. The second-order valence-corrected chi connectivity index (χ2v) is 6.18. The summed E-state index contributed by atoms with van der Waals surface area (Å²) >= 11 is 8.04. The van der Waals surface area contributed by atoms with Crippen molar-refractivity contribution in [1.82, 2.24) is 9.97 Å². The predicted octanol–water partition coefficient (Wildman–Crippen LogP) is 3.22. The highest BCUT2D eigenvalue weighted by Gasteiger charge is 2.13. The molecular weight excluding hydrogens is 282 g/mol. The lowest BCUT2D eigenvalue weighted by atomic mass is 10.0. The van der Waals surface area contributed by atoms with Gasteiger partial charge in [-0.05, 0) is 37.2 Å². The molecule has 1 aliphatic heterocycles. The van der Waals surface area contributed by atoms with Crippen molar-refractivity contribution in [1.29, 1.82) is 0 Å². The first-order chi connectivity index (χ1) is 9.28. The van der Waals surface area contributed by atoms with E-state index in [1.807, 2.05) is 18.7 Å². The maximum atomic E-state index is 6.00. The Morgan fingerprint density at radius 3 is 2.95 bits per heavy atom. The van der Waals surface area contributed by atoms with Crippen LogP contribution in [0.2, 0.25) is 5.15 Å². The van der Waals surface area contributed by atoms with Crippen LogP contribution in [0.25, 0.3) is 0 Å². The van der Waals surface area contributed by atoms with E-state index in [9.17, 15) is 0 Å². The number of ether oxygens (including phenoxy) is 1. The van der Waals surface area contributed by atoms with Crippen molar-refractivity contribution in [2.24, 2.45) is 5.92 Å². The van der Waals surface area contributed by atoms with Gasteiger partial charge in [-0.25, -0.2) is 9.97 Å².